The minimum Gasteiger partial charge on any atom is -0.381 e. The monoisotopic (exact) mass is 379 g/mol. The van der Waals surface area contributed by atoms with Crippen LogP contribution in [0.25, 0.3) is 10.2 Å². The minimum absolute atomic E-state index is 0.531. The fraction of sp³-hybridized carbons (Fsp3) is 0.412. The number of ether oxygens (including phenoxy) is 1. The first kappa shape index (κ1) is 16.3. The van der Waals surface area contributed by atoms with Crippen molar-refractivity contribution >= 4 is 50.2 Å². The molecule has 3 aromatic rings. The van der Waals surface area contributed by atoms with E-state index in [1.165, 1.54) is 15.1 Å². The normalized spacial score (nSPS) is 15.9. The van der Waals surface area contributed by atoms with Crippen molar-refractivity contribution in [2.75, 3.05) is 18.5 Å². The number of anilines is 1. The molecule has 24 heavy (non-hydrogen) atoms. The zero-order valence-corrected chi connectivity index (χ0v) is 15.7. The van der Waals surface area contributed by atoms with Gasteiger partial charge in [0.25, 0.3) is 0 Å². The number of aromatic nitrogens is 2. The number of hydrogen-bond acceptors (Lipinski definition) is 6. The quantitative estimate of drug-likeness (QED) is 0.631. The van der Waals surface area contributed by atoms with Gasteiger partial charge in [-0.25, -0.2) is 9.97 Å². The third-order valence-electron chi connectivity index (χ3n) is 4.38. The van der Waals surface area contributed by atoms with Crippen molar-refractivity contribution in [2.24, 2.45) is 0 Å². The Balaban J connectivity index is 1.70. The zero-order valence-electron chi connectivity index (χ0n) is 13.3. The molecule has 4 heterocycles. The van der Waals surface area contributed by atoms with Crippen LogP contribution in [0.4, 0.5) is 5.69 Å². The largest absolute Gasteiger partial charge is 0.381 e. The van der Waals surface area contributed by atoms with Crippen LogP contribution in [0, 0.1) is 6.92 Å². The Bertz CT molecular complexity index is 841. The highest BCUT2D eigenvalue weighted by Gasteiger charge is 2.23. The number of thiazole rings is 1. The van der Waals surface area contributed by atoms with E-state index >= 15 is 0 Å². The Hall–Kier alpha value is -1.21. The van der Waals surface area contributed by atoms with Crippen molar-refractivity contribution < 1.29 is 4.74 Å². The van der Waals surface area contributed by atoms with Gasteiger partial charge in [-0.3, -0.25) is 0 Å². The number of nitrogens with zero attached hydrogens (tertiary/aromatic N) is 2. The molecule has 0 amide bonds. The van der Waals surface area contributed by atoms with Crippen LogP contribution in [0.15, 0.2) is 17.6 Å². The maximum atomic E-state index is 6.27. The van der Waals surface area contributed by atoms with Gasteiger partial charge in [0.15, 0.2) is 0 Å². The number of fused-ring (bicyclic) bond motifs is 1. The summed E-state index contributed by atoms with van der Waals surface area (Å²) >= 11 is 9.77. The number of halogens is 1. The van der Waals surface area contributed by atoms with E-state index in [2.05, 4.69) is 22.2 Å². The summed E-state index contributed by atoms with van der Waals surface area (Å²) in [5.74, 6) is 0.573. The molecule has 4 rings (SSSR count). The number of nitrogens with one attached hydrogen (secondary N) is 1. The SMILES string of the molecule is Cc1c(C2CCOCC2)sc2c(NCc3nccs3)cc(Cl)nc12. The van der Waals surface area contributed by atoms with E-state index in [1.807, 2.05) is 29.0 Å². The van der Waals surface area contributed by atoms with Crippen molar-refractivity contribution in [3.63, 3.8) is 0 Å². The van der Waals surface area contributed by atoms with Crippen LogP contribution in [0.1, 0.15) is 34.2 Å². The summed E-state index contributed by atoms with van der Waals surface area (Å²) in [5, 5.41) is 7.07. The molecular formula is C17H18ClN3OS2. The lowest BCUT2D eigenvalue weighted by molar-refractivity contribution is 0.0859. The van der Waals surface area contributed by atoms with Gasteiger partial charge in [0, 0.05) is 35.7 Å². The van der Waals surface area contributed by atoms with Gasteiger partial charge in [0.2, 0.25) is 0 Å². The van der Waals surface area contributed by atoms with Crippen molar-refractivity contribution in [3.8, 4) is 0 Å². The Morgan fingerprint density at radius 1 is 1.38 bits per heavy atom. The standard InChI is InChI=1S/C17H18ClN3OS2/c1-10-15-17(24-16(10)11-2-5-22-6-3-11)12(8-13(18)21-15)20-9-14-19-4-7-23-14/h4,7-8,11H,2-3,5-6,9H2,1H3,(H,20,21). The summed E-state index contributed by atoms with van der Waals surface area (Å²) in [6, 6.07) is 1.92. The minimum atomic E-state index is 0.531. The maximum Gasteiger partial charge on any atom is 0.131 e. The fourth-order valence-corrected chi connectivity index (χ4v) is 5.31. The summed E-state index contributed by atoms with van der Waals surface area (Å²) in [7, 11) is 0. The molecule has 0 saturated carbocycles. The molecule has 1 fully saturated rings. The highest BCUT2D eigenvalue weighted by atomic mass is 35.5. The molecule has 0 atom stereocenters. The van der Waals surface area contributed by atoms with E-state index in [1.54, 1.807) is 11.3 Å². The van der Waals surface area contributed by atoms with Crippen molar-refractivity contribution in [3.05, 3.63) is 38.2 Å². The summed E-state index contributed by atoms with van der Waals surface area (Å²) in [4.78, 5) is 10.3. The molecule has 0 aliphatic carbocycles. The first-order valence-electron chi connectivity index (χ1n) is 8.02. The summed E-state index contributed by atoms with van der Waals surface area (Å²) < 4.78 is 6.70. The van der Waals surface area contributed by atoms with Crippen LogP contribution in [0.3, 0.4) is 0 Å². The molecule has 0 spiro atoms. The Labute approximate surface area is 153 Å². The van der Waals surface area contributed by atoms with Crippen LogP contribution in [0.2, 0.25) is 5.15 Å². The Kier molecular flexibility index (Phi) is 4.72. The molecule has 3 aromatic heterocycles. The van der Waals surface area contributed by atoms with Crippen LogP contribution >= 0.6 is 34.3 Å². The molecular weight excluding hydrogens is 362 g/mol. The predicted molar refractivity (Wildman–Crippen MR) is 102 cm³/mol. The number of hydrogen-bond donors (Lipinski definition) is 1. The smallest absolute Gasteiger partial charge is 0.131 e. The second-order valence-corrected chi connectivity index (χ2v) is 8.35. The lowest BCUT2D eigenvalue weighted by Crippen LogP contribution is -2.13. The summed E-state index contributed by atoms with van der Waals surface area (Å²) in [6.45, 7) is 4.57. The molecule has 1 N–H and O–H groups in total. The van der Waals surface area contributed by atoms with Gasteiger partial charge in [0.05, 0.1) is 22.4 Å². The highest BCUT2D eigenvalue weighted by Crippen LogP contribution is 2.42. The molecule has 0 bridgehead atoms. The van der Waals surface area contributed by atoms with E-state index in [9.17, 15) is 0 Å². The van der Waals surface area contributed by atoms with Crippen LogP contribution in [0.5, 0.6) is 0 Å². The molecule has 1 aliphatic heterocycles. The maximum absolute atomic E-state index is 6.27. The number of aryl methyl sites for hydroxylation is 1. The molecule has 7 heteroatoms. The van der Waals surface area contributed by atoms with E-state index in [0.717, 1.165) is 42.3 Å². The molecule has 1 saturated heterocycles. The van der Waals surface area contributed by atoms with Crippen LogP contribution in [-0.2, 0) is 11.3 Å². The molecule has 4 nitrogen and oxygen atoms in total. The average Bonchev–Trinajstić information content (AvgIpc) is 3.22. The molecule has 0 radical (unpaired) electrons. The number of thiophene rings is 1. The van der Waals surface area contributed by atoms with Gasteiger partial charge >= 0.3 is 0 Å². The van der Waals surface area contributed by atoms with Crippen LogP contribution in [-0.4, -0.2) is 23.2 Å². The van der Waals surface area contributed by atoms with E-state index in [-0.39, 0.29) is 0 Å². The number of pyridine rings is 1. The van der Waals surface area contributed by atoms with Gasteiger partial charge < -0.3 is 10.1 Å². The Morgan fingerprint density at radius 3 is 2.96 bits per heavy atom. The summed E-state index contributed by atoms with van der Waals surface area (Å²) in [6.07, 6.45) is 4.00. The van der Waals surface area contributed by atoms with Gasteiger partial charge in [-0.15, -0.1) is 22.7 Å². The van der Waals surface area contributed by atoms with Gasteiger partial charge in [-0.05, 0) is 31.2 Å². The lowest BCUT2D eigenvalue weighted by atomic mass is 9.96. The van der Waals surface area contributed by atoms with E-state index < -0.39 is 0 Å². The second-order valence-electron chi connectivity index (χ2n) is 5.93. The molecule has 1 aliphatic rings. The molecule has 0 aromatic carbocycles. The van der Waals surface area contributed by atoms with Crippen molar-refractivity contribution in [1.29, 1.82) is 0 Å². The van der Waals surface area contributed by atoms with Gasteiger partial charge in [-0.2, -0.15) is 0 Å². The Morgan fingerprint density at radius 2 is 2.21 bits per heavy atom. The highest BCUT2D eigenvalue weighted by molar-refractivity contribution is 7.20. The van der Waals surface area contributed by atoms with Gasteiger partial charge in [-0.1, -0.05) is 11.6 Å². The van der Waals surface area contributed by atoms with E-state index in [4.69, 9.17) is 16.3 Å². The zero-order chi connectivity index (χ0) is 16.5. The number of rotatable bonds is 4. The summed E-state index contributed by atoms with van der Waals surface area (Å²) in [5.41, 5.74) is 3.34. The van der Waals surface area contributed by atoms with Crippen molar-refractivity contribution in [2.45, 2.75) is 32.2 Å². The van der Waals surface area contributed by atoms with Crippen LogP contribution < -0.4 is 5.32 Å². The fourth-order valence-electron chi connectivity index (χ4n) is 3.15. The van der Waals surface area contributed by atoms with Gasteiger partial charge in [0.1, 0.15) is 10.2 Å². The third-order valence-corrected chi connectivity index (χ3v) is 6.83. The predicted octanol–water partition coefficient (Wildman–Crippen LogP) is 5.22. The topological polar surface area (TPSA) is 47.0 Å². The average molecular weight is 380 g/mol. The van der Waals surface area contributed by atoms with Crippen molar-refractivity contribution in [1.82, 2.24) is 9.97 Å². The molecule has 0 unspecified atom stereocenters. The third kappa shape index (κ3) is 3.16. The first-order valence-corrected chi connectivity index (χ1v) is 10.1. The molecule has 126 valence electrons. The second kappa shape index (κ2) is 6.96. The first-order chi connectivity index (χ1) is 11.7. The van der Waals surface area contributed by atoms with E-state index in [0.29, 0.717) is 17.6 Å². The lowest BCUT2D eigenvalue weighted by Gasteiger charge is -2.21.